The van der Waals surface area contributed by atoms with Crippen LogP contribution < -0.4 is 10.6 Å². The van der Waals surface area contributed by atoms with Crippen LogP contribution in [0.2, 0.25) is 10.0 Å². The first kappa shape index (κ1) is 18.0. The van der Waals surface area contributed by atoms with Gasteiger partial charge < -0.3 is 10.6 Å². The van der Waals surface area contributed by atoms with Crippen LogP contribution in [0.5, 0.6) is 0 Å². The molecule has 23 heavy (non-hydrogen) atoms. The normalized spacial score (nSPS) is 17.5. The first-order chi connectivity index (χ1) is 10.9. The van der Waals surface area contributed by atoms with Gasteiger partial charge in [0, 0.05) is 5.56 Å². The van der Waals surface area contributed by atoms with Crippen molar-refractivity contribution in [1.29, 1.82) is 5.26 Å². The topological polar surface area (TPSA) is 69.5 Å². The van der Waals surface area contributed by atoms with Crippen LogP contribution in [0, 0.1) is 17.1 Å². The SMILES string of the molecule is C[C@@H]([NH2+]CC(=O)NC1(C#N)CCCC1)c1cc(F)c(Cl)cc1Cl. The minimum Gasteiger partial charge on any atom is -0.333 e. The molecule has 1 aliphatic carbocycles. The molecule has 1 fully saturated rings. The summed E-state index contributed by atoms with van der Waals surface area (Å²) in [7, 11) is 0. The lowest BCUT2D eigenvalue weighted by molar-refractivity contribution is -0.682. The van der Waals surface area contributed by atoms with Crippen LogP contribution in [0.25, 0.3) is 0 Å². The summed E-state index contributed by atoms with van der Waals surface area (Å²) in [6.07, 6.45) is 3.29. The number of benzene rings is 1. The summed E-state index contributed by atoms with van der Waals surface area (Å²) in [5.41, 5.74) is -0.143. The molecular weight excluding hydrogens is 340 g/mol. The minimum atomic E-state index is -0.724. The fraction of sp³-hybridized carbons (Fsp3) is 0.500. The molecule has 7 heteroatoms. The van der Waals surface area contributed by atoms with Crippen molar-refractivity contribution in [2.24, 2.45) is 0 Å². The van der Waals surface area contributed by atoms with Crippen molar-refractivity contribution in [3.8, 4) is 6.07 Å². The molecule has 2 rings (SSSR count). The van der Waals surface area contributed by atoms with Crippen LogP contribution in [-0.4, -0.2) is 18.0 Å². The molecule has 0 unspecified atom stereocenters. The Hall–Kier alpha value is -1.35. The molecule has 1 amide bonds. The Morgan fingerprint density at radius 1 is 1.43 bits per heavy atom. The van der Waals surface area contributed by atoms with E-state index in [0.29, 0.717) is 23.4 Å². The number of quaternary nitrogens is 1. The zero-order valence-corrected chi connectivity index (χ0v) is 14.3. The van der Waals surface area contributed by atoms with Crippen LogP contribution in [0.1, 0.15) is 44.2 Å². The van der Waals surface area contributed by atoms with Gasteiger partial charge in [-0.3, -0.25) is 4.79 Å². The van der Waals surface area contributed by atoms with Crippen LogP contribution in [0.3, 0.4) is 0 Å². The van der Waals surface area contributed by atoms with Gasteiger partial charge in [0.25, 0.3) is 5.91 Å². The summed E-state index contributed by atoms with van der Waals surface area (Å²) >= 11 is 11.8. The number of halogens is 3. The Bertz CT molecular complexity index is 639. The van der Waals surface area contributed by atoms with Gasteiger partial charge in [0.15, 0.2) is 6.54 Å². The molecule has 0 spiro atoms. The van der Waals surface area contributed by atoms with E-state index in [1.807, 2.05) is 6.92 Å². The third-order valence-electron chi connectivity index (χ3n) is 4.24. The number of nitrogens with one attached hydrogen (secondary N) is 1. The van der Waals surface area contributed by atoms with Crippen molar-refractivity contribution < 1.29 is 14.5 Å². The molecule has 4 nitrogen and oxygen atoms in total. The number of hydrogen-bond donors (Lipinski definition) is 2. The number of nitriles is 1. The van der Waals surface area contributed by atoms with Gasteiger partial charge in [-0.1, -0.05) is 23.2 Å². The number of carbonyl (C=O) groups is 1. The zero-order chi connectivity index (χ0) is 17.0. The van der Waals surface area contributed by atoms with Crippen LogP contribution in [0.15, 0.2) is 12.1 Å². The quantitative estimate of drug-likeness (QED) is 0.794. The van der Waals surface area contributed by atoms with E-state index in [4.69, 9.17) is 23.2 Å². The zero-order valence-electron chi connectivity index (χ0n) is 12.8. The van der Waals surface area contributed by atoms with Gasteiger partial charge in [-0.2, -0.15) is 5.26 Å². The smallest absolute Gasteiger partial charge is 0.276 e. The van der Waals surface area contributed by atoms with E-state index in [2.05, 4.69) is 11.4 Å². The van der Waals surface area contributed by atoms with Gasteiger partial charge in [-0.25, -0.2) is 4.39 Å². The van der Waals surface area contributed by atoms with E-state index < -0.39 is 11.4 Å². The fourth-order valence-electron chi connectivity index (χ4n) is 2.86. The Morgan fingerprint density at radius 3 is 2.70 bits per heavy atom. The first-order valence-corrected chi connectivity index (χ1v) is 8.32. The van der Waals surface area contributed by atoms with Crippen molar-refractivity contribution in [2.45, 2.75) is 44.2 Å². The number of carbonyl (C=O) groups excluding carboxylic acids is 1. The number of hydrogen-bond acceptors (Lipinski definition) is 2. The third kappa shape index (κ3) is 4.35. The molecule has 1 atom stereocenters. The van der Waals surface area contributed by atoms with E-state index in [0.717, 1.165) is 12.8 Å². The lowest BCUT2D eigenvalue weighted by atomic mass is 10.00. The summed E-state index contributed by atoms with van der Waals surface area (Å²) in [5.74, 6) is -0.740. The van der Waals surface area contributed by atoms with Crippen molar-refractivity contribution >= 4 is 29.1 Å². The summed E-state index contributed by atoms with van der Waals surface area (Å²) in [4.78, 5) is 12.1. The monoisotopic (exact) mass is 358 g/mol. The van der Waals surface area contributed by atoms with Crippen LogP contribution in [0.4, 0.5) is 4.39 Å². The van der Waals surface area contributed by atoms with Crippen molar-refractivity contribution in [2.75, 3.05) is 6.54 Å². The van der Waals surface area contributed by atoms with Gasteiger partial charge in [-0.05, 0) is 44.7 Å². The largest absolute Gasteiger partial charge is 0.333 e. The number of nitrogens with zero attached hydrogens (tertiary/aromatic N) is 1. The number of rotatable bonds is 5. The highest BCUT2D eigenvalue weighted by molar-refractivity contribution is 6.35. The Morgan fingerprint density at radius 2 is 2.09 bits per heavy atom. The van der Waals surface area contributed by atoms with Crippen LogP contribution in [-0.2, 0) is 4.79 Å². The predicted molar refractivity (Wildman–Crippen MR) is 86.6 cm³/mol. The number of amides is 1. The molecular formula is C16H19Cl2FN3O+. The van der Waals surface area contributed by atoms with Gasteiger partial charge in [0.2, 0.25) is 0 Å². The van der Waals surface area contributed by atoms with Gasteiger partial charge in [0.1, 0.15) is 17.4 Å². The first-order valence-electron chi connectivity index (χ1n) is 7.57. The molecule has 124 valence electrons. The van der Waals surface area contributed by atoms with Gasteiger partial charge >= 0.3 is 0 Å². The Kier molecular flexibility index (Phi) is 5.85. The van der Waals surface area contributed by atoms with Gasteiger partial charge in [0.05, 0.1) is 16.1 Å². The molecule has 0 radical (unpaired) electrons. The molecule has 0 bridgehead atoms. The van der Waals surface area contributed by atoms with Crippen LogP contribution >= 0.6 is 23.2 Å². The second-order valence-electron chi connectivity index (χ2n) is 5.97. The highest BCUT2D eigenvalue weighted by Gasteiger charge is 2.35. The molecule has 0 saturated heterocycles. The standard InChI is InChI=1S/C16H18Cl2FN3O/c1-10(11-6-14(19)13(18)7-12(11)17)21-8-15(23)22-16(9-20)4-2-3-5-16/h6-7,10,21H,2-5,8H2,1H3,(H,22,23)/p+1/t10-/m1/s1. The van der Waals surface area contributed by atoms with E-state index in [9.17, 15) is 14.4 Å². The van der Waals surface area contributed by atoms with Crippen molar-refractivity contribution in [3.63, 3.8) is 0 Å². The lowest BCUT2D eigenvalue weighted by Gasteiger charge is -2.22. The molecule has 0 aromatic heterocycles. The maximum Gasteiger partial charge on any atom is 0.276 e. The molecule has 1 aromatic carbocycles. The maximum atomic E-state index is 13.6. The second-order valence-corrected chi connectivity index (χ2v) is 6.78. The summed E-state index contributed by atoms with van der Waals surface area (Å²) < 4.78 is 13.6. The van der Waals surface area contributed by atoms with E-state index >= 15 is 0 Å². The highest BCUT2D eigenvalue weighted by atomic mass is 35.5. The molecule has 3 N–H and O–H groups in total. The maximum absolute atomic E-state index is 13.6. The Labute approximate surface area is 145 Å². The van der Waals surface area contributed by atoms with Crippen molar-refractivity contribution in [3.05, 3.63) is 33.6 Å². The molecule has 1 saturated carbocycles. The molecule has 0 aliphatic heterocycles. The third-order valence-corrected chi connectivity index (χ3v) is 4.85. The summed E-state index contributed by atoms with van der Waals surface area (Å²) in [5, 5.41) is 14.2. The molecule has 0 heterocycles. The summed E-state index contributed by atoms with van der Waals surface area (Å²) in [6, 6.07) is 4.66. The highest BCUT2D eigenvalue weighted by Crippen LogP contribution is 2.29. The summed E-state index contributed by atoms with van der Waals surface area (Å²) in [6.45, 7) is 1.97. The Balaban J connectivity index is 1.94. The minimum absolute atomic E-state index is 0.0270. The fourth-order valence-corrected chi connectivity index (χ4v) is 3.41. The average molecular weight is 359 g/mol. The van der Waals surface area contributed by atoms with Gasteiger partial charge in [-0.15, -0.1) is 0 Å². The van der Waals surface area contributed by atoms with Crippen molar-refractivity contribution in [1.82, 2.24) is 5.32 Å². The predicted octanol–water partition coefficient (Wildman–Crippen LogP) is 2.71. The van der Waals surface area contributed by atoms with E-state index in [1.165, 1.54) is 12.1 Å². The second kappa shape index (κ2) is 7.48. The lowest BCUT2D eigenvalue weighted by Crippen LogP contribution is -2.87. The molecule has 1 aliphatic rings. The number of nitrogens with two attached hydrogens (primary N) is 1. The average Bonchev–Trinajstić information content (AvgIpc) is 2.97. The molecule has 1 aromatic rings. The van der Waals surface area contributed by atoms with E-state index in [1.54, 1.807) is 5.32 Å². The van der Waals surface area contributed by atoms with E-state index in [-0.39, 0.29) is 23.5 Å².